The van der Waals surface area contributed by atoms with E-state index in [0.29, 0.717) is 16.3 Å². The largest absolute Gasteiger partial charge is 0.465 e. The fraction of sp³-hybridized carbons (Fsp3) is 0.286. The molecular formula is C21H22N2O3S. The van der Waals surface area contributed by atoms with Crippen molar-refractivity contribution in [1.82, 2.24) is 4.90 Å². The number of ether oxygens (including phenoxy) is 1. The molecule has 1 fully saturated rings. The Morgan fingerprint density at radius 2 is 1.74 bits per heavy atom. The van der Waals surface area contributed by atoms with Crippen molar-refractivity contribution < 1.29 is 14.3 Å². The molecule has 2 aromatic carbocycles. The number of aliphatic imine (C=N–C) groups is 1. The number of methoxy groups -OCH3 is 1. The van der Waals surface area contributed by atoms with Crippen molar-refractivity contribution in [3.63, 3.8) is 0 Å². The fourth-order valence-corrected chi connectivity index (χ4v) is 4.11. The van der Waals surface area contributed by atoms with Crippen LogP contribution in [0.2, 0.25) is 0 Å². The van der Waals surface area contributed by atoms with Gasteiger partial charge in [0.15, 0.2) is 5.17 Å². The minimum Gasteiger partial charge on any atom is -0.465 e. The standard InChI is InChI=1S/C21H22N2O3S/c1-4-18-13-27-21(22-17-11-5-14(2)6-12-17)23(18)19(24)15-7-9-16(10-8-15)20(25)26-3/h5-12,18H,4,13H2,1-3H3. The van der Waals surface area contributed by atoms with Crippen molar-refractivity contribution in [3.05, 3.63) is 65.2 Å². The lowest BCUT2D eigenvalue weighted by Gasteiger charge is -2.23. The summed E-state index contributed by atoms with van der Waals surface area (Å²) in [5.41, 5.74) is 2.95. The molecule has 1 heterocycles. The fourth-order valence-electron chi connectivity index (χ4n) is 2.85. The topological polar surface area (TPSA) is 59.0 Å². The number of carbonyl (C=O) groups is 2. The number of hydrogen-bond donors (Lipinski definition) is 0. The number of amides is 1. The minimum atomic E-state index is -0.418. The quantitative estimate of drug-likeness (QED) is 0.734. The maximum absolute atomic E-state index is 13.1. The van der Waals surface area contributed by atoms with Crippen LogP contribution >= 0.6 is 11.8 Å². The van der Waals surface area contributed by atoms with Gasteiger partial charge in [0.25, 0.3) is 5.91 Å². The van der Waals surface area contributed by atoms with Gasteiger partial charge in [-0.25, -0.2) is 9.79 Å². The average Bonchev–Trinajstić information content (AvgIpc) is 3.11. The average molecular weight is 382 g/mol. The summed E-state index contributed by atoms with van der Waals surface area (Å²) < 4.78 is 4.71. The number of hydrogen-bond acceptors (Lipinski definition) is 5. The van der Waals surface area contributed by atoms with Crippen molar-refractivity contribution in [3.8, 4) is 0 Å². The Kier molecular flexibility index (Phi) is 5.96. The Morgan fingerprint density at radius 3 is 2.33 bits per heavy atom. The highest BCUT2D eigenvalue weighted by molar-refractivity contribution is 8.14. The third-order valence-corrected chi connectivity index (χ3v) is 5.58. The van der Waals surface area contributed by atoms with E-state index in [0.717, 1.165) is 17.9 Å². The molecule has 3 rings (SSSR count). The van der Waals surface area contributed by atoms with Crippen LogP contribution in [0.5, 0.6) is 0 Å². The lowest BCUT2D eigenvalue weighted by molar-refractivity contribution is 0.0600. The van der Waals surface area contributed by atoms with Crippen molar-refractivity contribution >= 4 is 34.5 Å². The summed E-state index contributed by atoms with van der Waals surface area (Å²) in [6.45, 7) is 4.10. The van der Waals surface area contributed by atoms with E-state index in [-0.39, 0.29) is 11.9 Å². The van der Waals surface area contributed by atoms with Crippen LogP contribution in [0, 0.1) is 6.92 Å². The van der Waals surface area contributed by atoms with Crippen LogP contribution in [0.1, 0.15) is 39.6 Å². The van der Waals surface area contributed by atoms with Crippen LogP contribution in [-0.4, -0.2) is 40.8 Å². The van der Waals surface area contributed by atoms with Crippen molar-refractivity contribution in [1.29, 1.82) is 0 Å². The van der Waals surface area contributed by atoms with Gasteiger partial charge in [-0.05, 0) is 49.7 Å². The number of thioether (sulfide) groups is 1. The smallest absolute Gasteiger partial charge is 0.337 e. The molecule has 2 aromatic rings. The maximum Gasteiger partial charge on any atom is 0.337 e. The Hall–Kier alpha value is -2.60. The summed E-state index contributed by atoms with van der Waals surface area (Å²) in [7, 11) is 1.34. The van der Waals surface area contributed by atoms with E-state index in [1.807, 2.05) is 31.2 Å². The van der Waals surface area contributed by atoms with Crippen LogP contribution in [0.25, 0.3) is 0 Å². The molecule has 1 saturated heterocycles. The zero-order chi connectivity index (χ0) is 19.4. The predicted molar refractivity (Wildman–Crippen MR) is 109 cm³/mol. The Bertz CT molecular complexity index is 860. The Balaban J connectivity index is 1.89. The van der Waals surface area contributed by atoms with Gasteiger partial charge in [0.05, 0.1) is 18.4 Å². The van der Waals surface area contributed by atoms with Gasteiger partial charge in [-0.2, -0.15) is 0 Å². The molecule has 27 heavy (non-hydrogen) atoms. The zero-order valence-electron chi connectivity index (χ0n) is 15.6. The van der Waals surface area contributed by atoms with Gasteiger partial charge in [-0.3, -0.25) is 9.69 Å². The molecule has 0 N–H and O–H groups in total. The summed E-state index contributed by atoms with van der Waals surface area (Å²) in [6.07, 6.45) is 0.853. The van der Waals surface area contributed by atoms with Crippen LogP contribution < -0.4 is 0 Å². The summed E-state index contributed by atoms with van der Waals surface area (Å²) in [5, 5.41) is 0.716. The van der Waals surface area contributed by atoms with E-state index in [1.54, 1.807) is 40.9 Å². The molecule has 1 unspecified atom stereocenters. The van der Waals surface area contributed by atoms with Gasteiger partial charge in [0.1, 0.15) is 0 Å². The zero-order valence-corrected chi connectivity index (χ0v) is 16.5. The monoisotopic (exact) mass is 382 g/mol. The van der Waals surface area contributed by atoms with E-state index in [2.05, 4.69) is 6.92 Å². The maximum atomic E-state index is 13.1. The van der Waals surface area contributed by atoms with Gasteiger partial charge in [0, 0.05) is 17.4 Å². The molecule has 0 spiro atoms. The second-order valence-corrected chi connectivity index (χ2v) is 7.33. The van der Waals surface area contributed by atoms with Gasteiger partial charge in [0.2, 0.25) is 0 Å². The molecule has 0 aromatic heterocycles. The number of esters is 1. The number of nitrogens with zero attached hydrogens (tertiary/aromatic N) is 2. The first-order chi connectivity index (χ1) is 13.0. The van der Waals surface area contributed by atoms with E-state index < -0.39 is 5.97 Å². The number of benzene rings is 2. The van der Waals surface area contributed by atoms with Crippen LogP contribution in [0.15, 0.2) is 53.5 Å². The predicted octanol–water partition coefficient (Wildman–Crippen LogP) is 4.44. The molecule has 1 amide bonds. The van der Waals surface area contributed by atoms with E-state index in [9.17, 15) is 9.59 Å². The summed E-state index contributed by atoms with van der Waals surface area (Å²) in [6, 6.07) is 14.6. The number of aryl methyl sites for hydroxylation is 1. The van der Waals surface area contributed by atoms with Gasteiger partial charge in [-0.1, -0.05) is 36.4 Å². The molecule has 1 atom stereocenters. The van der Waals surface area contributed by atoms with Crippen LogP contribution in [0.4, 0.5) is 5.69 Å². The molecule has 1 aliphatic rings. The Morgan fingerprint density at radius 1 is 1.11 bits per heavy atom. The van der Waals surface area contributed by atoms with Gasteiger partial charge in [-0.15, -0.1) is 0 Å². The second-order valence-electron chi connectivity index (χ2n) is 6.35. The summed E-state index contributed by atoms with van der Waals surface area (Å²) in [5.74, 6) is 0.306. The van der Waals surface area contributed by atoms with Crippen molar-refractivity contribution in [2.24, 2.45) is 4.99 Å². The molecule has 140 valence electrons. The first-order valence-electron chi connectivity index (χ1n) is 8.83. The lowest BCUT2D eigenvalue weighted by atomic mass is 10.1. The Labute approximate surface area is 163 Å². The third-order valence-electron chi connectivity index (χ3n) is 4.48. The first kappa shape index (κ1) is 19.2. The SMILES string of the molecule is CCC1CSC(=Nc2ccc(C)cc2)N1C(=O)c1ccc(C(=O)OC)cc1. The highest BCUT2D eigenvalue weighted by atomic mass is 32.2. The molecule has 0 aliphatic carbocycles. The second kappa shape index (κ2) is 8.39. The first-order valence-corrected chi connectivity index (χ1v) is 9.82. The molecule has 0 radical (unpaired) electrons. The summed E-state index contributed by atoms with van der Waals surface area (Å²) in [4.78, 5) is 31.2. The number of rotatable bonds is 4. The molecule has 0 saturated carbocycles. The number of carbonyl (C=O) groups excluding carboxylic acids is 2. The molecule has 6 heteroatoms. The highest BCUT2D eigenvalue weighted by Gasteiger charge is 2.34. The highest BCUT2D eigenvalue weighted by Crippen LogP contribution is 2.30. The molecule has 5 nitrogen and oxygen atoms in total. The van der Waals surface area contributed by atoms with Crippen LogP contribution in [0.3, 0.4) is 0 Å². The lowest BCUT2D eigenvalue weighted by Crippen LogP contribution is -2.39. The molecule has 0 bridgehead atoms. The van der Waals surface area contributed by atoms with E-state index >= 15 is 0 Å². The van der Waals surface area contributed by atoms with Crippen molar-refractivity contribution in [2.75, 3.05) is 12.9 Å². The molecular weight excluding hydrogens is 360 g/mol. The van der Waals surface area contributed by atoms with Crippen molar-refractivity contribution in [2.45, 2.75) is 26.3 Å². The van der Waals surface area contributed by atoms with Crippen LogP contribution in [-0.2, 0) is 4.74 Å². The third kappa shape index (κ3) is 4.22. The van der Waals surface area contributed by atoms with Gasteiger partial charge < -0.3 is 4.74 Å². The van der Waals surface area contributed by atoms with Gasteiger partial charge >= 0.3 is 5.97 Å². The van der Waals surface area contributed by atoms with E-state index in [1.165, 1.54) is 12.7 Å². The molecule has 1 aliphatic heterocycles. The summed E-state index contributed by atoms with van der Waals surface area (Å²) >= 11 is 1.60. The normalized spacial score (nSPS) is 18.0. The minimum absolute atomic E-state index is 0.103. The number of amidine groups is 1. The van der Waals surface area contributed by atoms with E-state index in [4.69, 9.17) is 9.73 Å².